The van der Waals surface area contributed by atoms with Crippen molar-refractivity contribution in [2.24, 2.45) is 16.7 Å². The van der Waals surface area contributed by atoms with E-state index in [9.17, 15) is 10.1 Å². The Bertz CT molecular complexity index is 416. The molecule has 0 radical (unpaired) electrons. The van der Waals surface area contributed by atoms with Gasteiger partial charge in [0, 0.05) is 32.3 Å². The third kappa shape index (κ3) is 3.56. The quantitative estimate of drug-likeness (QED) is 0.862. The van der Waals surface area contributed by atoms with E-state index in [-0.39, 0.29) is 17.4 Å². The minimum atomic E-state index is -0.908. The minimum absolute atomic E-state index is 0.0670. The van der Waals surface area contributed by atoms with Crippen LogP contribution < -0.4 is 5.32 Å². The maximum absolute atomic E-state index is 12.4. The maximum atomic E-state index is 12.4. The third-order valence-corrected chi connectivity index (χ3v) is 4.59. The highest BCUT2D eigenvalue weighted by atomic mass is 16.5. The second-order valence-corrected chi connectivity index (χ2v) is 7.22. The number of nitrogens with one attached hydrogen (secondary N) is 1. The number of rotatable bonds is 3. The molecule has 0 spiro atoms. The van der Waals surface area contributed by atoms with Crippen LogP contribution in [0.3, 0.4) is 0 Å². The monoisotopic (exact) mass is 294 g/mol. The average molecular weight is 294 g/mol. The molecule has 0 unspecified atom stereocenters. The zero-order chi connectivity index (χ0) is 15.5. The number of nitriles is 1. The summed E-state index contributed by atoms with van der Waals surface area (Å²) in [6.07, 6.45) is 2.09. The van der Waals surface area contributed by atoms with Gasteiger partial charge in [0.1, 0.15) is 5.41 Å². The first kappa shape index (κ1) is 16.3. The molecule has 0 aliphatic carbocycles. The van der Waals surface area contributed by atoms with E-state index in [4.69, 9.17) is 9.47 Å². The number of nitrogens with zero attached hydrogens (tertiary/aromatic N) is 1. The lowest BCUT2D eigenvalue weighted by atomic mass is 9.79. The van der Waals surface area contributed by atoms with Crippen molar-refractivity contribution >= 4 is 5.91 Å². The highest BCUT2D eigenvalue weighted by Crippen LogP contribution is 2.35. The fraction of sp³-hybridized carbons (Fsp3) is 0.875. The van der Waals surface area contributed by atoms with Crippen LogP contribution in [-0.4, -0.2) is 38.4 Å². The molecular formula is C16H26N2O3. The first-order chi connectivity index (χ1) is 9.89. The van der Waals surface area contributed by atoms with E-state index in [1.165, 1.54) is 0 Å². The Kier molecular flexibility index (Phi) is 4.90. The summed E-state index contributed by atoms with van der Waals surface area (Å²) in [5.41, 5.74) is -0.841. The van der Waals surface area contributed by atoms with Crippen LogP contribution in [-0.2, 0) is 14.3 Å². The Morgan fingerprint density at radius 3 is 2.57 bits per heavy atom. The summed E-state index contributed by atoms with van der Waals surface area (Å²) in [7, 11) is 0. The Balaban J connectivity index is 1.93. The molecule has 0 saturated carbocycles. The van der Waals surface area contributed by atoms with E-state index in [1.54, 1.807) is 0 Å². The number of carbonyl (C=O) groups excluding carboxylic acids is 1. The van der Waals surface area contributed by atoms with Gasteiger partial charge in [0.2, 0.25) is 5.91 Å². The van der Waals surface area contributed by atoms with Gasteiger partial charge in [-0.1, -0.05) is 20.8 Å². The molecular weight excluding hydrogens is 268 g/mol. The van der Waals surface area contributed by atoms with E-state index >= 15 is 0 Å². The van der Waals surface area contributed by atoms with E-state index in [2.05, 4.69) is 32.2 Å². The van der Waals surface area contributed by atoms with Crippen LogP contribution >= 0.6 is 0 Å². The highest BCUT2D eigenvalue weighted by Gasteiger charge is 2.42. The Morgan fingerprint density at radius 1 is 1.33 bits per heavy atom. The lowest BCUT2D eigenvalue weighted by molar-refractivity contribution is -0.132. The molecule has 0 bridgehead atoms. The molecule has 1 amide bonds. The van der Waals surface area contributed by atoms with Crippen molar-refractivity contribution in [3.8, 4) is 6.07 Å². The molecule has 2 aliphatic rings. The molecule has 0 aromatic heterocycles. The number of carbonyl (C=O) groups is 1. The first-order valence-electron chi connectivity index (χ1n) is 7.78. The molecule has 2 heterocycles. The molecule has 0 aromatic rings. The summed E-state index contributed by atoms with van der Waals surface area (Å²) in [4.78, 5) is 12.4. The van der Waals surface area contributed by atoms with Gasteiger partial charge in [-0.2, -0.15) is 5.26 Å². The van der Waals surface area contributed by atoms with E-state index in [1.807, 2.05) is 0 Å². The first-order valence-corrected chi connectivity index (χ1v) is 7.78. The zero-order valence-electron chi connectivity index (χ0n) is 13.3. The molecule has 118 valence electrons. The van der Waals surface area contributed by atoms with Crippen molar-refractivity contribution in [2.75, 3.05) is 26.4 Å². The SMILES string of the molecule is CC(C)(C)[C@H]1OCC[C@@H]1CNC(=O)C1(C#N)CCOCC1. The van der Waals surface area contributed by atoms with Crippen LogP contribution in [0.1, 0.15) is 40.0 Å². The summed E-state index contributed by atoms with van der Waals surface area (Å²) < 4.78 is 11.1. The normalized spacial score (nSPS) is 28.9. The molecule has 2 fully saturated rings. The van der Waals surface area contributed by atoms with Gasteiger partial charge in [0.05, 0.1) is 12.2 Å². The van der Waals surface area contributed by atoms with Crippen LogP contribution in [0.5, 0.6) is 0 Å². The largest absolute Gasteiger partial charge is 0.381 e. The maximum Gasteiger partial charge on any atom is 0.240 e. The third-order valence-electron chi connectivity index (χ3n) is 4.59. The summed E-state index contributed by atoms with van der Waals surface area (Å²) in [6, 6.07) is 2.21. The predicted molar refractivity (Wildman–Crippen MR) is 78.4 cm³/mol. The van der Waals surface area contributed by atoms with Crippen LogP contribution in [0, 0.1) is 28.1 Å². The van der Waals surface area contributed by atoms with Gasteiger partial charge in [-0.25, -0.2) is 0 Å². The highest BCUT2D eigenvalue weighted by molar-refractivity contribution is 5.85. The van der Waals surface area contributed by atoms with Gasteiger partial charge < -0.3 is 14.8 Å². The molecule has 2 rings (SSSR count). The standard InChI is InChI=1S/C16H26N2O3/c1-15(2,3)13-12(4-7-21-13)10-18-14(19)16(11-17)5-8-20-9-6-16/h12-13H,4-10H2,1-3H3,(H,18,19)/t12-,13+/m1/s1. The molecule has 21 heavy (non-hydrogen) atoms. The Morgan fingerprint density at radius 2 is 2.00 bits per heavy atom. The fourth-order valence-electron chi connectivity index (χ4n) is 3.30. The molecule has 2 saturated heterocycles. The lowest BCUT2D eigenvalue weighted by Crippen LogP contribution is -2.46. The van der Waals surface area contributed by atoms with Crippen molar-refractivity contribution < 1.29 is 14.3 Å². The van der Waals surface area contributed by atoms with Gasteiger partial charge in [-0.15, -0.1) is 0 Å². The molecule has 1 N–H and O–H groups in total. The molecule has 2 atom stereocenters. The van der Waals surface area contributed by atoms with Crippen molar-refractivity contribution in [1.82, 2.24) is 5.32 Å². The van der Waals surface area contributed by atoms with Gasteiger partial charge in [0.25, 0.3) is 0 Å². The minimum Gasteiger partial charge on any atom is -0.381 e. The second kappa shape index (κ2) is 6.33. The number of ether oxygens (including phenoxy) is 2. The summed E-state index contributed by atoms with van der Waals surface area (Å²) >= 11 is 0. The van der Waals surface area contributed by atoms with E-state index < -0.39 is 5.41 Å². The Labute approximate surface area is 127 Å². The molecule has 2 aliphatic heterocycles. The van der Waals surface area contributed by atoms with Crippen LogP contribution in [0.25, 0.3) is 0 Å². The zero-order valence-corrected chi connectivity index (χ0v) is 13.3. The van der Waals surface area contributed by atoms with Crippen molar-refractivity contribution in [2.45, 2.75) is 46.1 Å². The summed E-state index contributed by atoms with van der Waals surface area (Å²) in [5, 5.41) is 12.4. The van der Waals surface area contributed by atoms with Gasteiger partial charge in [0.15, 0.2) is 0 Å². The number of amides is 1. The lowest BCUT2D eigenvalue weighted by Gasteiger charge is -2.33. The summed E-state index contributed by atoms with van der Waals surface area (Å²) in [5.74, 6) is 0.178. The Hall–Kier alpha value is -1.12. The molecule has 0 aromatic carbocycles. The van der Waals surface area contributed by atoms with Crippen LogP contribution in [0.15, 0.2) is 0 Å². The second-order valence-electron chi connectivity index (χ2n) is 7.22. The van der Waals surface area contributed by atoms with E-state index in [0.717, 1.165) is 13.0 Å². The smallest absolute Gasteiger partial charge is 0.240 e. The topological polar surface area (TPSA) is 71.3 Å². The fourth-order valence-corrected chi connectivity index (χ4v) is 3.30. The van der Waals surface area contributed by atoms with Crippen molar-refractivity contribution in [1.29, 1.82) is 5.26 Å². The van der Waals surface area contributed by atoms with Crippen LogP contribution in [0.2, 0.25) is 0 Å². The average Bonchev–Trinajstić information content (AvgIpc) is 2.94. The summed E-state index contributed by atoms with van der Waals surface area (Å²) in [6.45, 7) is 8.79. The van der Waals surface area contributed by atoms with Crippen molar-refractivity contribution in [3.63, 3.8) is 0 Å². The number of hydrogen-bond donors (Lipinski definition) is 1. The van der Waals surface area contributed by atoms with E-state index in [0.29, 0.717) is 38.5 Å². The van der Waals surface area contributed by atoms with Gasteiger partial charge >= 0.3 is 0 Å². The molecule has 5 nitrogen and oxygen atoms in total. The van der Waals surface area contributed by atoms with Gasteiger partial charge in [-0.3, -0.25) is 4.79 Å². The van der Waals surface area contributed by atoms with Gasteiger partial charge in [-0.05, 0) is 24.7 Å². The number of hydrogen-bond acceptors (Lipinski definition) is 4. The molecule has 5 heteroatoms. The predicted octanol–water partition coefficient (Wildman–Crippen LogP) is 1.87. The van der Waals surface area contributed by atoms with Crippen molar-refractivity contribution in [3.05, 3.63) is 0 Å². The van der Waals surface area contributed by atoms with Crippen LogP contribution in [0.4, 0.5) is 0 Å².